The number of aliphatic carboxylic acids is 1. The first kappa shape index (κ1) is 13.1. The topological polar surface area (TPSA) is 96.4 Å². The van der Waals surface area contributed by atoms with Gasteiger partial charge < -0.3 is 5.11 Å². The Morgan fingerprint density at radius 3 is 2.75 bits per heavy atom. The van der Waals surface area contributed by atoms with Crippen LogP contribution >= 0.6 is 11.3 Å². The van der Waals surface area contributed by atoms with E-state index in [1.165, 1.54) is 11.3 Å². The average molecular weight is 264 g/mol. The molecule has 0 spiro atoms. The molecule has 0 aliphatic carbocycles. The molecule has 0 radical (unpaired) electrons. The highest BCUT2D eigenvalue weighted by Gasteiger charge is 2.20. The molecular weight excluding hydrogens is 252 g/mol. The van der Waals surface area contributed by atoms with Crippen LogP contribution in [0.5, 0.6) is 0 Å². The lowest BCUT2D eigenvalue weighted by Gasteiger charge is -2.10. The van der Waals surface area contributed by atoms with Gasteiger partial charge in [-0.2, -0.15) is 0 Å². The van der Waals surface area contributed by atoms with Gasteiger partial charge in [-0.15, -0.1) is 11.3 Å². The lowest BCUT2D eigenvalue weighted by Crippen LogP contribution is -2.32. The molecule has 2 N–H and O–H groups in total. The van der Waals surface area contributed by atoms with Crippen molar-refractivity contribution in [2.24, 2.45) is 0 Å². The Morgan fingerprint density at radius 2 is 2.31 bits per heavy atom. The quantitative estimate of drug-likeness (QED) is 0.808. The summed E-state index contributed by atoms with van der Waals surface area (Å²) in [5.41, 5.74) is 0. The van der Waals surface area contributed by atoms with Crippen molar-refractivity contribution in [2.45, 2.75) is 19.9 Å². The van der Waals surface area contributed by atoms with E-state index in [2.05, 4.69) is 9.71 Å². The van der Waals surface area contributed by atoms with Gasteiger partial charge in [-0.25, -0.2) is 18.1 Å². The van der Waals surface area contributed by atoms with Gasteiger partial charge in [0, 0.05) is 11.1 Å². The summed E-state index contributed by atoms with van der Waals surface area (Å²) in [6.07, 6.45) is 1.64. The molecule has 0 aliphatic heterocycles. The fraction of sp³-hybridized carbons (Fsp3) is 0.500. The van der Waals surface area contributed by atoms with Crippen LogP contribution in [-0.2, 0) is 14.8 Å². The van der Waals surface area contributed by atoms with E-state index in [1.807, 2.05) is 6.92 Å². The van der Waals surface area contributed by atoms with Crippen LogP contribution in [0.4, 0.5) is 0 Å². The highest BCUT2D eigenvalue weighted by atomic mass is 32.2. The summed E-state index contributed by atoms with van der Waals surface area (Å²) in [7, 11) is -3.80. The summed E-state index contributed by atoms with van der Waals surface area (Å²) >= 11 is 1.37. The number of rotatable bonds is 5. The molecule has 16 heavy (non-hydrogen) atoms. The van der Waals surface area contributed by atoms with Crippen LogP contribution in [0.3, 0.4) is 0 Å². The zero-order valence-corrected chi connectivity index (χ0v) is 10.4. The average Bonchev–Trinajstić information content (AvgIpc) is 2.47. The number of carbonyl (C=O) groups is 1. The third kappa shape index (κ3) is 3.87. The van der Waals surface area contributed by atoms with Crippen LogP contribution < -0.4 is 4.72 Å². The third-order valence-corrected chi connectivity index (χ3v) is 4.11. The number of nitrogens with one attached hydrogen (secondary N) is 1. The molecule has 1 rings (SSSR count). The molecule has 0 saturated heterocycles. The van der Waals surface area contributed by atoms with Crippen molar-refractivity contribution in [1.29, 1.82) is 0 Å². The van der Waals surface area contributed by atoms with Crippen molar-refractivity contribution in [2.75, 3.05) is 5.75 Å². The molecule has 1 unspecified atom stereocenters. The maximum Gasteiger partial charge on any atom is 0.320 e. The van der Waals surface area contributed by atoms with Crippen LogP contribution in [0.15, 0.2) is 6.20 Å². The van der Waals surface area contributed by atoms with Gasteiger partial charge in [-0.05, 0) is 13.8 Å². The minimum absolute atomic E-state index is 0.511. The number of aryl methyl sites for hydroxylation is 1. The van der Waals surface area contributed by atoms with E-state index in [4.69, 9.17) is 5.11 Å². The molecule has 0 bridgehead atoms. The van der Waals surface area contributed by atoms with Crippen LogP contribution in [-0.4, -0.2) is 30.2 Å². The van der Waals surface area contributed by atoms with Crippen LogP contribution in [0.1, 0.15) is 22.9 Å². The molecule has 6 nitrogen and oxygen atoms in total. The van der Waals surface area contributed by atoms with E-state index in [1.54, 1.807) is 13.1 Å². The molecule has 1 aromatic heterocycles. The van der Waals surface area contributed by atoms with E-state index in [-0.39, 0.29) is 0 Å². The van der Waals surface area contributed by atoms with Crippen molar-refractivity contribution in [3.8, 4) is 0 Å². The second-order valence-corrected chi connectivity index (χ2v) is 6.32. The normalized spacial score (nSPS) is 13.6. The molecule has 1 atom stereocenters. The van der Waals surface area contributed by atoms with Crippen molar-refractivity contribution < 1.29 is 18.3 Å². The molecule has 0 fully saturated rings. The van der Waals surface area contributed by atoms with Crippen molar-refractivity contribution in [1.82, 2.24) is 9.71 Å². The number of hydrogen-bond donors (Lipinski definition) is 2. The minimum Gasteiger partial charge on any atom is -0.480 e. The Balaban J connectivity index is 2.71. The molecule has 0 aromatic carbocycles. The van der Waals surface area contributed by atoms with Gasteiger partial charge in [-0.1, -0.05) is 0 Å². The van der Waals surface area contributed by atoms with E-state index >= 15 is 0 Å². The zero-order chi connectivity index (χ0) is 12.3. The SMILES string of the molecule is Cc1cnc(C(C)NS(=O)(=O)CC(=O)O)s1. The second kappa shape index (κ2) is 4.89. The van der Waals surface area contributed by atoms with Gasteiger partial charge in [0.1, 0.15) is 5.01 Å². The number of nitrogens with zero attached hydrogens (tertiary/aromatic N) is 1. The first-order valence-corrected chi connectivity index (χ1v) is 6.91. The molecule has 90 valence electrons. The second-order valence-electron chi connectivity index (χ2n) is 3.30. The molecule has 1 aromatic rings. The summed E-state index contributed by atoms with van der Waals surface area (Å²) in [5, 5.41) is 9.02. The molecule has 0 aliphatic rings. The molecular formula is C8H12N2O4S2. The monoisotopic (exact) mass is 264 g/mol. The van der Waals surface area contributed by atoms with E-state index in [0.29, 0.717) is 5.01 Å². The van der Waals surface area contributed by atoms with E-state index < -0.39 is 27.8 Å². The van der Waals surface area contributed by atoms with E-state index in [0.717, 1.165) is 4.88 Å². The number of hydrogen-bond acceptors (Lipinski definition) is 5. The summed E-state index contributed by atoms with van der Waals surface area (Å²) < 4.78 is 24.9. The smallest absolute Gasteiger partial charge is 0.320 e. The summed E-state index contributed by atoms with van der Waals surface area (Å²) in [6.45, 7) is 3.48. The Labute approximate surface area is 97.4 Å². The molecule has 0 amide bonds. The number of carboxylic acids is 1. The number of aromatic nitrogens is 1. The predicted molar refractivity (Wildman–Crippen MR) is 59.8 cm³/mol. The Hall–Kier alpha value is -0.990. The fourth-order valence-electron chi connectivity index (χ4n) is 1.10. The number of sulfonamides is 1. The lowest BCUT2D eigenvalue weighted by atomic mass is 10.4. The Bertz CT molecular complexity index is 480. The van der Waals surface area contributed by atoms with Gasteiger partial charge >= 0.3 is 5.97 Å². The first-order chi connectivity index (χ1) is 7.30. The summed E-state index contributed by atoms with van der Waals surface area (Å²) in [6, 6.07) is -0.511. The van der Waals surface area contributed by atoms with E-state index in [9.17, 15) is 13.2 Å². The van der Waals surface area contributed by atoms with Gasteiger partial charge in [0.2, 0.25) is 10.0 Å². The third-order valence-electron chi connectivity index (χ3n) is 1.68. The minimum atomic E-state index is -3.80. The maximum absolute atomic E-state index is 11.3. The largest absolute Gasteiger partial charge is 0.480 e. The highest BCUT2D eigenvalue weighted by Crippen LogP contribution is 2.19. The highest BCUT2D eigenvalue weighted by molar-refractivity contribution is 7.90. The Morgan fingerprint density at radius 1 is 1.69 bits per heavy atom. The Kier molecular flexibility index (Phi) is 4.00. The molecule has 8 heteroatoms. The molecule has 1 heterocycles. The van der Waals surface area contributed by atoms with Gasteiger partial charge in [-0.3, -0.25) is 4.79 Å². The van der Waals surface area contributed by atoms with Crippen molar-refractivity contribution in [3.05, 3.63) is 16.1 Å². The first-order valence-electron chi connectivity index (χ1n) is 4.44. The van der Waals surface area contributed by atoms with Crippen molar-refractivity contribution >= 4 is 27.3 Å². The zero-order valence-electron chi connectivity index (χ0n) is 8.80. The van der Waals surface area contributed by atoms with Gasteiger partial charge in [0.15, 0.2) is 5.75 Å². The summed E-state index contributed by atoms with van der Waals surface area (Å²) in [4.78, 5) is 15.3. The van der Waals surface area contributed by atoms with Gasteiger partial charge in [0.25, 0.3) is 0 Å². The standard InChI is InChI=1S/C8H12N2O4S2/c1-5-3-9-8(15-5)6(2)10-16(13,14)4-7(11)12/h3,6,10H,4H2,1-2H3,(H,11,12). The number of thiazole rings is 1. The van der Waals surface area contributed by atoms with Crippen LogP contribution in [0.2, 0.25) is 0 Å². The van der Waals surface area contributed by atoms with Crippen LogP contribution in [0, 0.1) is 6.92 Å². The lowest BCUT2D eigenvalue weighted by molar-refractivity contribution is -0.134. The van der Waals surface area contributed by atoms with Gasteiger partial charge in [0.05, 0.1) is 6.04 Å². The van der Waals surface area contributed by atoms with Crippen molar-refractivity contribution in [3.63, 3.8) is 0 Å². The van der Waals surface area contributed by atoms with Crippen LogP contribution in [0.25, 0.3) is 0 Å². The molecule has 0 saturated carbocycles. The number of carboxylic acid groups (broad SMARTS) is 1. The fourth-order valence-corrected chi connectivity index (χ4v) is 3.01. The maximum atomic E-state index is 11.3. The predicted octanol–water partition coefficient (Wildman–Crippen LogP) is 0.517. The summed E-state index contributed by atoms with van der Waals surface area (Å²) in [5.74, 6) is -2.31.